The van der Waals surface area contributed by atoms with Gasteiger partial charge in [0, 0.05) is 4.47 Å². The zero-order valence-electron chi connectivity index (χ0n) is 7.53. The number of hydrogen-bond acceptors (Lipinski definition) is 3. The van der Waals surface area contributed by atoms with Crippen LogP contribution in [0.5, 0.6) is 5.88 Å². The third-order valence-electron chi connectivity index (χ3n) is 1.82. The number of carboxylic acid groups (broad SMARTS) is 1. The molecule has 0 aliphatic heterocycles. The highest BCUT2D eigenvalue weighted by Gasteiger charge is 2.08. The van der Waals surface area contributed by atoms with Gasteiger partial charge in [-0.05, 0) is 18.2 Å². The number of halogens is 1. The van der Waals surface area contributed by atoms with Crippen LogP contribution in [-0.4, -0.2) is 27.9 Å². The van der Waals surface area contributed by atoms with Gasteiger partial charge in [-0.2, -0.15) is 0 Å². The van der Waals surface area contributed by atoms with Gasteiger partial charge in [-0.1, -0.05) is 15.9 Å². The minimum absolute atomic E-state index is 0.305. The van der Waals surface area contributed by atoms with E-state index in [4.69, 9.17) is 9.84 Å². The fourth-order valence-electron chi connectivity index (χ4n) is 1.21. The number of nitrogens with zero attached hydrogens (tertiary/aromatic N) is 1. The van der Waals surface area contributed by atoms with E-state index >= 15 is 0 Å². The molecule has 0 radical (unpaired) electrons. The summed E-state index contributed by atoms with van der Waals surface area (Å²) < 4.78 is 5.92. The molecule has 1 aromatic carbocycles. The second kappa shape index (κ2) is 3.90. The van der Waals surface area contributed by atoms with E-state index in [9.17, 15) is 4.79 Å². The fourth-order valence-corrected chi connectivity index (χ4v) is 1.57. The van der Waals surface area contributed by atoms with Gasteiger partial charge in [-0.25, -0.2) is 4.79 Å². The van der Waals surface area contributed by atoms with Gasteiger partial charge >= 0.3 is 5.97 Å². The van der Waals surface area contributed by atoms with Gasteiger partial charge in [0.2, 0.25) is 5.88 Å². The van der Waals surface area contributed by atoms with Crippen LogP contribution in [0.1, 0.15) is 0 Å². The molecule has 1 aromatic heterocycles. The molecule has 2 N–H and O–H groups in total. The van der Waals surface area contributed by atoms with E-state index in [0.717, 1.165) is 15.4 Å². The molecular formula is C9H7BrN2O3. The highest BCUT2D eigenvalue weighted by atomic mass is 79.9. The summed E-state index contributed by atoms with van der Waals surface area (Å²) in [5.41, 5.74) is 0.796. The van der Waals surface area contributed by atoms with Gasteiger partial charge < -0.3 is 9.84 Å². The number of aromatic amines is 1. The zero-order valence-corrected chi connectivity index (χ0v) is 9.11. The molecule has 15 heavy (non-hydrogen) atoms. The Kier molecular flexibility index (Phi) is 2.59. The molecule has 0 aliphatic carbocycles. The summed E-state index contributed by atoms with van der Waals surface area (Å²) in [6.07, 6.45) is 0. The molecule has 2 aromatic rings. The number of benzene rings is 1. The van der Waals surface area contributed by atoms with E-state index in [1.54, 1.807) is 6.07 Å². The molecule has 0 atom stereocenters. The Hall–Kier alpha value is -1.56. The summed E-state index contributed by atoms with van der Waals surface area (Å²) in [4.78, 5) is 10.3. The summed E-state index contributed by atoms with van der Waals surface area (Å²) in [7, 11) is 0. The van der Waals surface area contributed by atoms with Crippen molar-refractivity contribution in [3.05, 3.63) is 22.7 Å². The zero-order chi connectivity index (χ0) is 10.8. The van der Waals surface area contributed by atoms with Crippen molar-refractivity contribution in [2.75, 3.05) is 6.61 Å². The Balaban J connectivity index is 2.32. The Labute approximate surface area is 93.2 Å². The maximum Gasteiger partial charge on any atom is 0.341 e. The number of rotatable bonds is 3. The first-order valence-corrected chi connectivity index (χ1v) is 4.94. The molecule has 0 saturated carbocycles. The quantitative estimate of drug-likeness (QED) is 0.892. The van der Waals surface area contributed by atoms with Gasteiger partial charge in [-0.3, -0.25) is 5.10 Å². The number of carboxylic acids is 1. The first-order chi connectivity index (χ1) is 7.16. The molecule has 2 rings (SSSR count). The molecule has 0 unspecified atom stereocenters. The molecule has 0 aliphatic rings. The minimum atomic E-state index is -1.02. The first kappa shape index (κ1) is 9.97. The van der Waals surface area contributed by atoms with Crippen LogP contribution in [0.25, 0.3) is 10.9 Å². The largest absolute Gasteiger partial charge is 0.479 e. The van der Waals surface area contributed by atoms with Crippen LogP contribution >= 0.6 is 15.9 Å². The van der Waals surface area contributed by atoms with Crippen LogP contribution in [0, 0.1) is 0 Å². The predicted molar refractivity (Wildman–Crippen MR) is 56.9 cm³/mol. The molecule has 0 bridgehead atoms. The maximum absolute atomic E-state index is 10.3. The van der Waals surface area contributed by atoms with Crippen molar-refractivity contribution in [3.8, 4) is 5.88 Å². The molecule has 0 fully saturated rings. The average Bonchev–Trinajstić information content (AvgIpc) is 2.57. The monoisotopic (exact) mass is 270 g/mol. The summed E-state index contributed by atoms with van der Waals surface area (Å²) in [6.45, 7) is -0.393. The molecule has 1 heterocycles. The lowest BCUT2D eigenvalue weighted by Gasteiger charge is -1.98. The number of aliphatic carboxylic acids is 1. The molecule has 0 amide bonds. The van der Waals surface area contributed by atoms with Crippen LogP contribution in [0.3, 0.4) is 0 Å². The van der Waals surface area contributed by atoms with E-state index in [-0.39, 0.29) is 0 Å². The van der Waals surface area contributed by atoms with Crippen molar-refractivity contribution in [1.82, 2.24) is 10.2 Å². The van der Waals surface area contributed by atoms with Gasteiger partial charge in [0.1, 0.15) is 0 Å². The van der Waals surface area contributed by atoms with Crippen LogP contribution in [0.15, 0.2) is 22.7 Å². The number of carbonyl (C=O) groups is 1. The number of aromatic nitrogens is 2. The molecule has 6 heteroatoms. The lowest BCUT2D eigenvalue weighted by molar-refractivity contribution is -0.139. The first-order valence-electron chi connectivity index (χ1n) is 4.15. The van der Waals surface area contributed by atoms with Crippen molar-refractivity contribution in [1.29, 1.82) is 0 Å². The molecule has 0 spiro atoms. The Bertz CT molecular complexity index is 509. The van der Waals surface area contributed by atoms with E-state index < -0.39 is 12.6 Å². The Morgan fingerprint density at radius 2 is 2.40 bits per heavy atom. The van der Waals surface area contributed by atoms with Crippen LogP contribution in [0.2, 0.25) is 0 Å². The van der Waals surface area contributed by atoms with Crippen LogP contribution < -0.4 is 4.74 Å². The van der Waals surface area contributed by atoms with Gasteiger partial charge in [0.25, 0.3) is 0 Å². The molecule has 78 valence electrons. The van der Waals surface area contributed by atoms with Crippen molar-refractivity contribution in [2.45, 2.75) is 0 Å². The van der Waals surface area contributed by atoms with Gasteiger partial charge in [-0.15, -0.1) is 5.10 Å². The highest BCUT2D eigenvalue weighted by molar-refractivity contribution is 9.10. The maximum atomic E-state index is 10.3. The average molecular weight is 271 g/mol. The second-order valence-electron chi connectivity index (χ2n) is 2.90. The van der Waals surface area contributed by atoms with E-state index in [0.29, 0.717) is 5.88 Å². The topological polar surface area (TPSA) is 75.2 Å². The predicted octanol–water partition coefficient (Wildman–Crippen LogP) is 1.79. The van der Waals surface area contributed by atoms with E-state index in [1.165, 1.54) is 0 Å². The fraction of sp³-hybridized carbons (Fsp3) is 0.111. The lowest BCUT2D eigenvalue weighted by Crippen LogP contribution is -2.09. The third-order valence-corrected chi connectivity index (χ3v) is 2.32. The van der Waals surface area contributed by atoms with E-state index in [1.807, 2.05) is 12.1 Å². The summed E-state index contributed by atoms with van der Waals surface area (Å²) in [5, 5.41) is 15.9. The van der Waals surface area contributed by atoms with Gasteiger partial charge in [0.05, 0.1) is 10.9 Å². The summed E-state index contributed by atoms with van der Waals surface area (Å²) in [5.74, 6) is -0.719. The third kappa shape index (κ3) is 2.10. The number of nitrogens with one attached hydrogen (secondary N) is 1. The Morgan fingerprint density at radius 3 is 3.13 bits per heavy atom. The summed E-state index contributed by atoms with van der Waals surface area (Å²) in [6, 6.07) is 5.49. The van der Waals surface area contributed by atoms with Crippen LogP contribution in [0.4, 0.5) is 0 Å². The number of hydrogen-bond donors (Lipinski definition) is 2. The number of H-pyrrole nitrogens is 1. The number of fused-ring (bicyclic) bond motifs is 1. The molecule has 5 nitrogen and oxygen atoms in total. The second-order valence-corrected chi connectivity index (χ2v) is 3.82. The standard InChI is InChI=1S/C9H7BrN2O3/c10-5-1-2-6-7(3-5)11-12-9(6)15-4-8(13)14/h1-3H,4H2,(H,11,12)(H,13,14). The normalized spacial score (nSPS) is 10.5. The van der Waals surface area contributed by atoms with E-state index in [2.05, 4.69) is 26.1 Å². The summed E-state index contributed by atoms with van der Waals surface area (Å²) >= 11 is 3.32. The highest BCUT2D eigenvalue weighted by Crippen LogP contribution is 2.25. The van der Waals surface area contributed by atoms with Crippen molar-refractivity contribution >= 4 is 32.8 Å². The van der Waals surface area contributed by atoms with Crippen molar-refractivity contribution in [2.24, 2.45) is 0 Å². The van der Waals surface area contributed by atoms with Crippen molar-refractivity contribution in [3.63, 3.8) is 0 Å². The Morgan fingerprint density at radius 1 is 1.60 bits per heavy atom. The van der Waals surface area contributed by atoms with Crippen LogP contribution in [-0.2, 0) is 4.79 Å². The smallest absolute Gasteiger partial charge is 0.341 e. The van der Waals surface area contributed by atoms with Crippen molar-refractivity contribution < 1.29 is 14.6 Å². The molecular weight excluding hydrogens is 264 g/mol. The van der Waals surface area contributed by atoms with Gasteiger partial charge in [0.15, 0.2) is 6.61 Å². The number of ether oxygens (including phenoxy) is 1. The SMILES string of the molecule is O=C(O)COc1n[nH]c2cc(Br)ccc12. The lowest BCUT2D eigenvalue weighted by atomic mass is 10.2. The molecule has 0 saturated heterocycles. The minimum Gasteiger partial charge on any atom is -0.479 e.